The monoisotopic (exact) mass is 460 g/mol. The van der Waals surface area contributed by atoms with Crippen LogP contribution in [0, 0.1) is 6.92 Å². The molecule has 0 unspecified atom stereocenters. The number of rotatable bonds is 6. The normalized spacial score (nSPS) is 18.5. The summed E-state index contributed by atoms with van der Waals surface area (Å²) >= 11 is 0. The molecular formula is C22H28N4O5S. The fourth-order valence-corrected chi connectivity index (χ4v) is 5.16. The van der Waals surface area contributed by atoms with Crippen molar-refractivity contribution in [3.05, 3.63) is 41.9 Å². The van der Waals surface area contributed by atoms with Crippen molar-refractivity contribution in [1.29, 1.82) is 0 Å². The number of benzene rings is 1. The molecule has 10 heteroatoms. The molecule has 2 amide bonds. The number of fused-ring (bicyclic) bond motifs is 3. The molecule has 2 aromatic rings. The van der Waals surface area contributed by atoms with Crippen molar-refractivity contribution in [3.63, 3.8) is 0 Å². The Bertz CT molecular complexity index is 1140. The average molecular weight is 461 g/mol. The van der Waals surface area contributed by atoms with Crippen LogP contribution in [0.3, 0.4) is 0 Å². The first kappa shape index (κ1) is 22.3. The van der Waals surface area contributed by atoms with E-state index in [1.54, 1.807) is 18.2 Å². The fourth-order valence-electron chi connectivity index (χ4n) is 4.24. The van der Waals surface area contributed by atoms with Crippen LogP contribution < -0.4 is 15.1 Å². The van der Waals surface area contributed by atoms with Crippen molar-refractivity contribution in [3.8, 4) is 0 Å². The van der Waals surface area contributed by atoms with Crippen LogP contribution >= 0.6 is 0 Å². The molecule has 3 heterocycles. The number of hydrogen-bond acceptors (Lipinski definition) is 6. The fraction of sp³-hybridized carbons (Fsp3) is 0.455. The lowest BCUT2D eigenvalue weighted by Gasteiger charge is -2.45. The summed E-state index contributed by atoms with van der Waals surface area (Å²) in [4.78, 5) is 29.6. The Hall–Kier alpha value is -2.85. The third kappa shape index (κ3) is 4.12. The molecule has 1 aromatic heterocycles. The van der Waals surface area contributed by atoms with Crippen LogP contribution in [0.4, 0.5) is 11.4 Å². The first-order chi connectivity index (χ1) is 15.2. The van der Waals surface area contributed by atoms with E-state index in [9.17, 15) is 18.0 Å². The van der Waals surface area contributed by atoms with Crippen LogP contribution in [0.5, 0.6) is 0 Å². The number of hydrogen-bond donors (Lipinski definition) is 1. The molecule has 0 aliphatic carbocycles. The summed E-state index contributed by atoms with van der Waals surface area (Å²) in [5.74, 6) is 0.851. The maximum absolute atomic E-state index is 13.4. The van der Waals surface area contributed by atoms with Crippen LogP contribution in [0.25, 0.3) is 0 Å². The van der Waals surface area contributed by atoms with Gasteiger partial charge in [-0.05, 0) is 56.5 Å². The number of nitrogens with zero attached hydrogens (tertiary/aromatic N) is 3. The van der Waals surface area contributed by atoms with Crippen LogP contribution in [0.15, 0.2) is 39.6 Å². The molecule has 2 aliphatic heterocycles. The number of carbonyl (C=O) groups is 2. The van der Waals surface area contributed by atoms with Crippen molar-refractivity contribution in [2.75, 3.05) is 37.0 Å². The molecule has 0 radical (unpaired) electrons. The van der Waals surface area contributed by atoms with E-state index < -0.39 is 10.0 Å². The highest BCUT2D eigenvalue weighted by Gasteiger charge is 2.40. The molecule has 1 aromatic carbocycles. The largest absolute Gasteiger partial charge is 0.465 e. The smallest absolute Gasteiger partial charge is 0.250 e. The summed E-state index contributed by atoms with van der Waals surface area (Å²) in [6.45, 7) is 2.57. The number of nitrogens with one attached hydrogen (secondary N) is 1. The third-order valence-corrected chi connectivity index (χ3v) is 7.75. The van der Waals surface area contributed by atoms with Gasteiger partial charge in [-0.25, -0.2) is 12.7 Å². The Morgan fingerprint density at radius 1 is 1.19 bits per heavy atom. The summed E-state index contributed by atoms with van der Waals surface area (Å²) in [5.41, 5.74) is 1.22. The van der Waals surface area contributed by atoms with E-state index in [-0.39, 0.29) is 35.8 Å². The van der Waals surface area contributed by atoms with Gasteiger partial charge >= 0.3 is 0 Å². The number of aryl methyl sites for hydroxylation is 1. The molecule has 32 heavy (non-hydrogen) atoms. The summed E-state index contributed by atoms with van der Waals surface area (Å²) in [5, 5.41) is 2.78. The van der Waals surface area contributed by atoms with Crippen LogP contribution in [0.1, 0.15) is 30.8 Å². The van der Waals surface area contributed by atoms with E-state index in [0.717, 1.165) is 35.1 Å². The third-order valence-electron chi connectivity index (χ3n) is 5.94. The Morgan fingerprint density at radius 3 is 2.66 bits per heavy atom. The lowest BCUT2D eigenvalue weighted by Crippen LogP contribution is -2.57. The highest BCUT2D eigenvalue weighted by atomic mass is 32.2. The molecule has 4 rings (SSSR count). The number of amides is 2. The predicted molar refractivity (Wildman–Crippen MR) is 120 cm³/mol. The minimum absolute atomic E-state index is 0.0842. The van der Waals surface area contributed by atoms with E-state index in [1.165, 1.54) is 25.1 Å². The van der Waals surface area contributed by atoms with E-state index in [1.807, 2.05) is 17.9 Å². The van der Waals surface area contributed by atoms with Gasteiger partial charge in [-0.1, -0.05) is 0 Å². The number of carbonyl (C=O) groups excluding carboxylic acids is 2. The van der Waals surface area contributed by atoms with Crippen LogP contribution in [0.2, 0.25) is 0 Å². The first-order valence-electron chi connectivity index (χ1n) is 10.6. The molecule has 1 atom stereocenters. The van der Waals surface area contributed by atoms with E-state index in [4.69, 9.17) is 4.42 Å². The standard InChI is InChI=1S/C22H28N4O5S/c1-15-7-8-16(31-15)13-23-21(27)14-26-20-12-17(32(29,30)24(2)3)9-10-18(20)25-11-5-4-6-19(25)22(26)28/h7-10,12,19H,4-6,11,13-14H2,1-3H3,(H,23,27)/t19-/m1/s1. The van der Waals surface area contributed by atoms with Crippen molar-refractivity contribution < 1.29 is 22.4 Å². The molecule has 1 saturated heterocycles. The summed E-state index contributed by atoms with van der Waals surface area (Å²) in [6.07, 6.45) is 2.61. The zero-order valence-corrected chi connectivity index (χ0v) is 19.3. The molecule has 172 valence electrons. The molecule has 0 spiro atoms. The molecule has 0 saturated carbocycles. The van der Waals surface area contributed by atoms with Crippen molar-refractivity contribution in [1.82, 2.24) is 9.62 Å². The lowest BCUT2D eigenvalue weighted by molar-refractivity contribution is -0.125. The summed E-state index contributed by atoms with van der Waals surface area (Å²) < 4.78 is 32.0. The van der Waals surface area contributed by atoms with Crippen molar-refractivity contribution in [2.24, 2.45) is 0 Å². The van der Waals surface area contributed by atoms with E-state index in [0.29, 0.717) is 17.9 Å². The first-order valence-corrected chi connectivity index (χ1v) is 12.1. The van der Waals surface area contributed by atoms with Gasteiger partial charge in [-0.2, -0.15) is 0 Å². The Morgan fingerprint density at radius 2 is 1.97 bits per heavy atom. The lowest BCUT2D eigenvalue weighted by atomic mass is 9.96. The van der Waals surface area contributed by atoms with Gasteiger partial charge in [0.05, 0.1) is 22.8 Å². The molecule has 2 aliphatic rings. The second-order valence-corrected chi connectivity index (χ2v) is 10.5. The zero-order valence-electron chi connectivity index (χ0n) is 18.5. The van der Waals surface area contributed by atoms with Crippen LogP contribution in [-0.4, -0.2) is 57.8 Å². The van der Waals surface area contributed by atoms with Crippen molar-refractivity contribution >= 4 is 33.2 Å². The van der Waals surface area contributed by atoms with Gasteiger partial charge in [-0.3, -0.25) is 14.5 Å². The maximum Gasteiger partial charge on any atom is 0.250 e. The number of furan rings is 1. The summed E-state index contributed by atoms with van der Waals surface area (Å²) in [6, 6.07) is 8.07. The quantitative estimate of drug-likeness (QED) is 0.706. The van der Waals surface area contributed by atoms with Gasteiger partial charge in [0.1, 0.15) is 24.1 Å². The molecule has 9 nitrogen and oxygen atoms in total. The zero-order chi connectivity index (χ0) is 23.0. The number of piperidine rings is 1. The van der Waals surface area contributed by atoms with E-state index in [2.05, 4.69) is 5.32 Å². The van der Waals surface area contributed by atoms with Gasteiger partial charge in [0.2, 0.25) is 21.8 Å². The van der Waals surface area contributed by atoms with E-state index >= 15 is 0 Å². The van der Waals surface area contributed by atoms with Gasteiger partial charge < -0.3 is 14.6 Å². The number of anilines is 2. The second kappa shape index (κ2) is 8.59. The molecule has 1 N–H and O–H groups in total. The maximum atomic E-state index is 13.4. The highest BCUT2D eigenvalue weighted by molar-refractivity contribution is 7.89. The topological polar surface area (TPSA) is 103 Å². The Labute approximate surface area is 188 Å². The molecular weight excluding hydrogens is 432 g/mol. The van der Waals surface area contributed by atoms with Gasteiger partial charge in [-0.15, -0.1) is 0 Å². The summed E-state index contributed by atoms with van der Waals surface area (Å²) in [7, 11) is -0.768. The van der Waals surface area contributed by atoms with Gasteiger partial charge in [0.15, 0.2) is 0 Å². The SMILES string of the molecule is Cc1ccc(CNC(=O)CN2C(=O)[C@H]3CCCCN3c3ccc(S(=O)(=O)N(C)C)cc32)o1. The number of sulfonamides is 1. The van der Waals surface area contributed by atoms with Gasteiger partial charge in [0, 0.05) is 20.6 Å². The second-order valence-electron chi connectivity index (χ2n) is 8.36. The minimum atomic E-state index is -3.69. The Kier molecular flexibility index (Phi) is 6.00. The van der Waals surface area contributed by atoms with Crippen LogP contribution in [-0.2, 0) is 26.2 Å². The predicted octanol–water partition coefficient (Wildman–Crippen LogP) is 1.86. The Balaban J connectivity index is 1.64. The molecule has 0 bridgehead atoms. The average Bonchev–Trinajstić information content (AvgIpc) is 3.19. The minimum Gasteiger partial charge on any atom is -0.465 e. The highest BCUT2D eigenvalue weighted by Crippen LogP contribution is 2.40. The van der Waals surface area contributed by atoms with Gasteiger partial charge in [0.25, 0.3) is 0 Å². The van der Waals surface area contributed by atoms with Crippen molar-refractivity contribution in [2.45, 2.75) is 43.7 Å². The molecule has 1 fully saturated rings.